The maximum absolute atomic E-state index is 12.6. The minimum Gasteiger partial charge on any atom is -0.475 e. The lowest BCUT2D eigenvalue weighted by Gasteiger charge is -2.31. The monoisotopic (exact) mass is 530 g/mol. The number of sulfonamides is 1. The van der Waals surface area contributed by atoms with Gasteiger partial charge < -0.3 is 20.6 Å². The maximum atomic E-state index is 12.6. The van der Waals surface area contributed by atoms with E-state index in [2.05, 4.69) is 39.3 Å². The van der Waals surface area contributed by atoms with E-state index in [4.69, 9.17) is 9.90 Å². The van der Waals surface area contributed by atoms with Crippen molar-refractivity contribution in [1.29, 1.82) is 0 Å². The lowest BCUT2D eigenvalue weighted by atomic mass is 10.1. The van der Waals surface area contributed by atoms with Gasteiger partial charge in [-0.2, -0.15) is 13.2 Å². The van der Waals surface area contributed by atoms with Crippen molar-refractivity contribution in [2.24, 2.45) is 0 Å². The summed E-state index contributed by atoms with van der Waals surface area (Å²) in [4.78, 5) is 23.6. The lowest BCUT2D eigenvalue weighted by molar-refractivity contribution is -0.192. The molecule has 0 spiro atoms. The fraction of sp³-hybridized carbons (Fsp3) is 0.391. The zero-order valence-corrected chi connectivity index (χ0v) is 20.7. The minimum absolute atomic E-state index is 0.243. The number of halogens is 3. The Balaban J connectivity index is 0.000000572. The number of carboxylic acids is 1. The molecule has 3 rings (SSSR count). The van der Waals surface area contributed by atoms with E-state index in [1.54, 1.807) is 12.1 Å². The fourth-order valence-corrected chi connectivity index (χ4v) is 3.88. The largest absolute Gasteiger partial charge is 0.490 e. The van der Waals surface area contributed by atoms with Crippen LogP contribution in [0.2, 0.25) is 0 Å². The number of carbonyl (C=O) groups is 2. The van der Waals surface area contributed by atoms with Crippen molar-refractivity contribution >= 4 is 33.3 Å². The van der Waals surface area contributed by atoms with Crippen LogP contribution in [0.5, 0.6) is 0 Å². The molecule has 0 aromatic heterocycles. The van der Waals surface area contributed by atoms with E-state index in [9.17, 15) is 26.4 Å². The number of carboxylic acid groups (broad SMARTS) is 1. The van der Waals surface area contributed by atoms with Gasteiger partial charge in [0, 0.05) is 38.3 Å². The number of nitrogens with one attached hydrogen (secondary N) is 3. The molecule has 1 amide bonds. The molecule has 198 valence electrons. The number of piperazine rings is 1. The van der Waals surface area contributed by atoms with Gasteiger partial charge in [0.1, 0.15) is 0 Å². The Morgan fingerprint density at radius 1 is 1.06 bits per heavy atom. The molecule has 13 heteroatoms. The van der Waals surface area contributed by atoms with E-state index < -0.39 is 22.2 Å². The highest BCUT2D eigenvalue weighted by Gasteiger charge is 2.38. The van der Waals surface area contributed by atoms with Crippen LogP contribution in [0, 0.1) is 0 Å². The molecule has 1 fully saturated rings. The van der Waals surface area contributed by atoms with E-state index >= 15 is 0 Å². The minimum atomic E-state index is -5.08. The van der Waals surface area contributed by atoms with E-state index in [-0.39, 0.29) is 5.91 Å². The Morgan fingerprint density at radius 2 is 1.61 bits per heavy atom. The van der Waals surface area contributed by atoms with E-state index in [0.29, 0.717) is 17.8 Å². The third-order valence-corrected chi connectivity index (χ3v) is 5.73. The summed E-state index contributed by atoms with van der Waals surface area (Å²) in [6.07, 6.45) is -3.00. The molecule has 1 heterocycles. The van der Waals surface area contributed by atoms with Crippen molar-refractivity contribution < 1.29 is 36.3 Å². The topological polar surface area (TPSA) is 128 Å². The summed E-state index contributed by atoms with van der Waals surface area (Å²) in [6, 6.07) is 13.3. The molecule has 4 N–H and O–H groups in total. The maximum Gasteiger partial charge on any atom is 0.490 e. The Kier molecular flexibility index (Phi) is 10.1. The van der Waals surface area contributed by atoms with Gasteiger partial charge in [0.05, 0.1) is 17.6 Å². The normalized spacial score (nSPS) is 13.9. The van der Waals surface area contributed by atoms with Crippen LogP contribution in [-0.2, 0) is 27.8 Å². The molecule has 0 bridgehead atoms. The van der Waals surface area contributed by atoms with Gasteiger partial charge in [0.2, 0.25) is 10.0 Å². The van der Waals surface area contributed by atoms with Crippen LogP contribution >= 0.6 is 0 Å². The van der Waals surface area contributed by atoms with Gasteiger partial charge in [0.15, 0.2) is 0 Å². The third-order valence-electron chi connectivity index (χ3n) is 5.14. The average molecular weight is 531 g/mol. The number of rotatable bonds is 7. The summed E-state index contributed by atoms with van der Waals surface area (Å²) < 4.78 is 58.0. The molecule has 1 saturated heterocycles. The van der Waals surface area contributed by atoms with Gasteiger partial charge in [-0.3, -0.25) is 9.52 Å². The molecular formula is C23H29F3N4O5S. The molecule has 1 aliphatic heterocycles. The zero-order valence-electron chi connectivity index (χ0n) is 19.9. The average Bonchev–Trinajstić information content (AvgIpc) is 2.82. The summed E-state index contributed by atoms with van der Waals surface area (Å²) in [5, 5.41) is 13.3. The first-order valence-electron chi connectivity index (χ1n) is 11.0. The van der Waals surface area contributed by atoms with Crippen molar-refractivity contribution in [2.75, 3.05) is 42.1 Å². The number of anilines is 2. The van der Waals surface area contributed by atoms with Crippen LogP contribution in [0.15, 0.2) is 42.5 Å². The Bertz CT molecular complexity index is 1150. The first kappa shape index (κ1) is 28.9. The second-order valence-electron chi connectivity index (χ2n) is 8.00. The molecule has 2 aromatic carbocycles. The molecule has 0 saturated carbocycles. The predicted molar refractivity (Wildman–Crippen MR) is 131 cm³/mol. The standard InChI is InChI=1S/C21H28N4O3S.C2HF3O2/c1-3-16-4-6-17(7-5-16)15-23-21(26)18-8-9-20(25-12-10-22-11-13-25)19(14-18)24-29(2,27)28;3-2(4,5)1(6)7/h4-9,14,22,24H,3,10-13,15H2,1-2H3,(H,23,26);(H,6,7). The van der Waals surface area contributed by atoms with Crippen LogP contribution in [-0.4, -0.2) is 64.0 Å². The number of aliphatic carboxylic acids is 1. The number of carbonyl (C=O) groups excluding carboxylic acids is 1. The van der Waals surface area contributed by atoms with Crippen molar-refractivity contribution in [2.45, 2.75) is 26.1 Å². The number of amides is 1. The first-order chi connectivity index (χ1) is 16.8. The van der Waals surface area contributed by atoms with Crippen molar-refractivity contribution in [3.63, 3.8) is 0 Å². The van der Waals surface area contributed by atoms with Crippen molar-refractivity contribution in [1.82, 2.24) is 10.6 Å². The molecule has 0 atom stereocenters. The van der Waals surface area contributed by atoms with Gasteiger partial charge in [0.25, 0.3) is 5.91 Å². The summed E-state index contributed by atoms with van der Waals surface area (Å²) >= 11 is 0. The second-order valence-corrected chi connectivity index (χ2v) is 9.75. The van der Waals surface area contributed by atoms with Crippen molar-refractivity contribution in [3.8, 4) is 0 Å². The van der Waals surface area contributed by atoms with Gasteiger partial charge in [-0.1, -0.05) is 31.2 Å². The number of benzene rings is 2. The lowest BCUT2D eigenvalue weighted by Crippen LogP contribution is -2.43. The molecule has 36 heavy (non-hydrogen) atoms. The second kappa shape index (κ2) is 12.6. The summed E-state index contributed by atoms with van der Waals surface area (Å²) in [5.41, 5.74) is 3.89. The number of nitrogens with zero attached hydrogens (tertiary/aromatic N) is 1. The smallest absolute Gasteiger partial charge is 0.475 e. The van der Waals surface area contributed by atoms with Gasteiger partial charge in [-0.25, -0.2) is 13.2 Å². The molecule has 0 aliphatic carbocycles. The summed E-state index contributed by atoms with van der Waals surface area (Å²) in [7, 11) is -3.47. The highest BCUT2D eigenvalue weighted by atomic mass is 32.2. The van der Waals surface area contributed by atoms with Crippen LogP contribution in [0.1, 0.15) is 28.4 Å². The molecule has 9 nitrogen and oxygen atoms in total. The highest BCUT2D eigenvalue weighted by molar-refractivity contribution is 7.92. The van der Waals surface area contributed by atoms with Gasteiger partial charge in [-0.15, -0.1) is 0 Å². The fourth-order valence-electron chi connectivity index (χ4n) is 3.32. The molecule has 2 aromatic rings. The Morgan fingerprint density at radius 3 is 2.11 bits per heavy atom. The third kappa shape index (κ3) is 9.38. The molecule has 0 radical (unpaired) electrons. The van der Waals surface area contributed by atoms with Gasteiger partial charge in [-0.05, 0) is 35.7 Å². The Labute approximate surface area is 207 Å². The predicted octanol–water partition coefficient (Wildman–Crippen LogP) is 2.59. The molecular weight excluding hydrogens is 501 g/mol. The number of alkyl halides is 3. The van der Waals surface area contributed by atoms with E-state index in [1.165, 1.54) is 5.56 Å². The van der Waals surface area contributed by atoms with Crippen molar-refractivity contribution in [3.05, 3.63) is 59.2 Å². The molecule has 0 unspecified atom stereocenters. The summed E-state index contributed by atoms with van der Waals surface area (Å²) in [5.74, 6) is -3.00. The molecule has 1 aliphatic rings. The zero-order chi connectivity index (χ0) is 26.9. The SMILES string of the molecule is CCc1ccc(CNC(=O)c2ccc(N3CCNCC3)c(NS(C)(=O)=O)c2)cc1.O=C(O)C(F)(F)F. The van der Waals surface area contributed by atoms with Crippen LogP contribution in [0.25, 0.3) is 0 Å². The summed E-state index contributed by atoms with van der Waals surface area (Å²) in [6.45, 7) is 5.73. The number of aryl methyl sites for hydroxylation is 1. The van der Waals surface area contributed by atoms with Crippen LogP contribution in [0.4, 0.5) is 24.5 Å². The van der Waals surface area contributed by atoms with E-state index in [1.807, 2.05) is 18.2 Å². The Hall–Kier alpha value is -3.32. The van der Waals surface area contributed by atoms with E-state index in [0.717, 1.165) is 50.1 Å². The number of hydrogen-bond donors (Lipinski definition) is 4. The van der Waals surface area contributed by atoms with Gasteiger partial charge >= 0.3 is 12.1 Å². The number of hydrogen-bond acceptors (Lipinski definition) is 6. The van der Waals surface area contributed by atoms with Crippen LogP contribution in [0.3, 0.4) is 0 Å². The quantitative estimate of drug-likeness (QED) is 0.433. The first-order valence-corrected chi connectivity index (χ1v) is 12.9. The highest BCUT2D eigenvalue weighted by Crippen LogP contribution is 2.28. The van der Waals surface area contributed by atoms with Crippen LogP contribution < -0.4 is 20.3 Å².